The minimum absolute atomic E-state index is 0.172. The number of hydrogen-bond acceptors (Lipinski definition) is 5. The molecule has 1 aliphatic heterocycles. The van der Waals surface area contributed by atoms with Crippen molar-refractivity contribution in [1.82, 2.24) is 24.3 Å². The van der Waals surface area contributed by atoms with E-state index in [1.54, 1.807) is 21.6 Å². The molecular formula is C32H43FN6O3. The van der Waals surface area contributed by atoms with Crippen LogP contribution in [0.4, 0.5) is 14.0 Å². The number of alkyl halides is 1. The molecular weight excluding hydrogens is 535 g/mol. The van der Waals surface area contributed by atoms with Gasteiger partial charge < -0.3 is 29.7 Å². The Morgan fingerprint density at radius 2 is 1.60 bits per heavy atom. The van der Waals surface area contributed by atoms with Gasteiger partial charge in [-0.2, -0.15) is 0 Å². The Bertz CT molecular complexity index is 1300. The molecule has 3 aromatic rings. The first-order chi connectivity index (χ1) is 20.1. The lowest BCUT2D eigenvalue weighted by molar-refractivity contribution is 0.0504. The van der Waals surface area contributed by atoms with Crippen LogP contribution in [-0.4, -0.2) is 88.4 Å². The Morgan fingerprint density at radius 1 is 1.00 bits per heavy atom. The number of nitrogens with zero attached hydrogens (tertiary/aromatic N) is 5. The van der Waals surface area contributed by atoms with Crippen LogP contribution in [0.5, 0.6) is 0 Å². The topological polar surface area (TPSA) is 96.9 Å². The number of amides is 3. The fraction of sp³-hybridized carbons (Fsp3) is 0.469. The Hall–Kier alpha value is -3.92. The van der Waals surface area contributed by atoms with Gasteiger partial charge in [-0.05, 0) is 17.9 Å². The molecule has 1 aromatic heterocycles. The van der Waals surface area contributed by atoms with Crippen LogP contribution < -0.4 is 5.73 Å². The Morgan fingerprint density at radius 3 is 2.17 bits per heavy atom. The van der Waals surface area contributed by atoms with Crippen molar-refractivity contribution in [2.24, 2.45) is 11.1 Å². The lowest BCUT2D eigenvalue weighted by Crippen LogP contribution is -2.57. The Balaban J connectivity index is 1.74. The fourth-order valence-electron chi connectivity index (χ4n) is 5.36. The number of piperazine rings is 1. The second-order valence-electron chi connectivity index (χ2n) is 11.7. The molecule has 0 unspecified atom stereocenters. The molecule has 3 amide bonds. The maximum absolute atomic E-state index is 15.1. The summed E-state index contributed by atoms with van der Waals surface area (Å²) in [6, 6.07) is 19.1. The number of nitrogens with two attached hydrogens (primary N) is 1. The van der Waals surface area contributed by atoms with Crippen molar-refractivity contribution in [1.29, 1.82) is 0 Å². The Kier molecular flexibility index (Phi) is 10.2. The molecule has 0 radical (unpaired) electrons. The zero-order valence-corrected chi connectivity index (χ0v) is 25.1. The quantitative estimate of drug-likeness (QED) is 0.378. The fourth-order valence-corrected chi connectivity index (χ4v) is 5.36. The van der Waals surface area contributed by atoms with Crippen LogP contribution >= 0.6 is 0 Å². The van der Waals surface area contributed by atoms with Crippen molar-refractivity contribution in [3.63, 3.8) is 0 Å². The molecule has 42 heavy (non-hydrogen) atoms. The second-order valence-corrected chi connectivity index (χ2v) is 11.7. The Labute approximate surface area is 248 Å². The number of carbonyl (C=O) groups is 2. The molecule has 226 valence electrons. The number of urea groups is 1. The SMILES string of the molecule is CCOC(=O)N1CCN(C(=O)N(C[C@@H](F)CN)[C@@H](c2nc(-c3ccccc3)cn2Cc2ccccc2)C(C)(C)C)CC1. The van der Waals surface area contributed by atoms with Crippen molar-refractivity contribution in [3.8, 4) is 11.3 Å². The van der Waals surface area contributed by atoms with Gasteiger partial charge in [0.05, 0.1) is 24.9 Å². The summed E-state index contributed by atoms with van der Waals surface area (Å²) >= 11 is 0. The maximum Gasteiger partial charge on any atom is 0.409 e. The van der Waals surface area contributed by atoms with Gasteiger partial charge in [0.15, 0.2) is 0 Å². The maximum atomic E-state index is 15.1. The lowest BCUT2D eigenvalue weighted by atomic mass is 9.84. The van der Waals surface area contributed by atoms with Crippen molar-refractivity contribution in [2.75, 3.05) is 45.9 Å². The first kappa shape index (κ1) is 31.0. The molecule has 9 nitrogen and oxygen atoms in total. The van der Waals surface area contributed by atoms with E-state index in [2.05, 4.69) is 16.7 Å². The third kappa shape index (κ3) is 7.47. The first-order valence-corrected chi connectivity index (χ1v) is 14.6. The third-order valence-corrected chi connectivity index (χ3v) is 7.42. The van der Waals surface area contributed by atoms with Gasteiger partial charge >= 0.3 is 12.1 Å². The summed E-state index contributed by atoms with van der Waals surface area (Å²) in [5.74, 6) is 0.674. The van der Waals surface area contributed by atoms with E-state index in [4.69, 9.17) is 15.5 Å². The summed E-state index contributed by atoms with van der Waals surface area (Å²) in [6.45, 7) is 9.65. The predicted molar refractivity (Wildman–Crippen MR) is 162 cm³/mol. The molecule has 0 aliphatic carbocycles. The van der Waals surface area contributed by atoms with Gasteiger partial charge in [-0.1, -0.05) is 81.4 Å². The molecule has 0 saturated carbocycles. The van der Waals surface area contributed by atoms with Gasteiger partial charge in [0.2, 0.25) is 0 Å². The average Bonchev–Trinajstić information content (AvgIpc) is 3.39. The van der Waals surface area contributed by atoms with Gasteiger partial charge in [0.1, 0.15) is 12.0 Å². The van der Waals surface area contributed by atoms with Gasteiger partial charge in [0, 0.05) is 51.0 Å². The van der Waals surface area contributed by atoms with Crippen molar-refractivity contribution in [3.05, 3.63) is 78.2 Å². The highest BCUT2D eigenvalue weighted by Gasteiger charge is 2.41. The van der Waals surface area contributed by atoms with Gasteiger partial charge in [-0.25, -0.2) is 19.0 Å². The van der Waals surface area contributed by atoms with E-state index in [1.165, 1.54) is 0 Å². The zero-order valence-electron chi connectivity index (χ0n) is 25.1. The number of halogens is 1. The number of rotatable bonds is 9. The molecule has 0 bridgehead atoms. The lowest BCUT2D eigenvalue weighted by Gasteiger charge is -2.44. The van der Waals surface area contributed by atoms with Crippen LogP contribution in [0.25, 0.3) is 11.3 Å². The number of aromatic nitrogens is 2. The van der Waals surface area contributed by atoms with E-state index >= 15 is 4.39 Å². The smallest absolute Gasteiger partial charge is 0.409 e. The monoisotopic (exact) mass is 578 g/mol. The summed E-state index contributed by atoms with van der Waals surface area (Å²) < 4.78 is 22.3. The normalized spacial score (nSPS) is 15.3. The minimum atomic E-state index is -1.41. The summed E-state index contributed by atoms with van der Waals surface area (Å²) in [5, 5.41) is 0. The molecule has 1 fully saturated rings. The predicted octanol–water partition coefficient (Wildman–Crippen LogP) is 5.18. The van der Waals surface area contributed by atoms with E-state index in [0.29, 0.717) is 38.5 Å². The van der Waals surface area contributed by atoms with E-state index in [-0.39, 0.29) is 25.7 Å². The average molecular weight is 579 g/mol. The molecule has 2 N–H and O–H groups in total. The number of imidazole rings is 1. The molecule has 2 heterocycles. The van der Waals surface area contributed by atoms with Crippen LogP contribution in [0, 0.1) is 5.41 Å². The zero-order chi connectivity index (χ0) is 30.3. The van der Waals surface area contributed by atoms with Crippen LogP contribution in [0.1, 0.15) is 45.1 Å². The van der Waals surface area contributed by atoms with Crippen LogP contribution in [0.3, 0.4) is 0 Å². The second kappa shape index (κ2) is 13.8. The third-order valence-electron chi connectivity index (χ3n) is 7.42. The van der Waals surface area contributed by atoms with Crippen molar-refractivity contribution < 1.29 is 18.7 Å². The van der Waals surface area contributed by atoms with Crippen LogP contribution in [-0.2, 0) is 11.3 Å². The molecule has 1 saturated heterocycles. The van der Waals surface area contributed by atoms with E-state index < -0.39 is 23.7 Å². The molecule has 4 rings (SSSR count). The number of hydrogen-bond donors (Lipinski definition) is 1. The molecule has 0 spiro atoms. The summed E-state index contributed by atoms with van der Waals surface area (Å²) in [5.41, 5.74) is 8.04. The first-order valence-electron chi connectivity index (χ1n) is 14.6. The molecule has 2 aromatic carbocycles. The van der Waals surface area contributed by atoms with Crippen LogP contribution in [0.15, 0.2) is 66.9 Å². The van der Waals surface area contributed by atoms with Gasteiger partial charge in [0.25, 0.3) is 0 Å². The molecule has 1 aliphatic rings. The summed E-state index contributed by atoms with van der Waals surface area (Å²) in [4.78, 5) is 36.4. The molecule has 2 atom stereocenters. The van der Waals surface area contributed by atoms with E-state index in [0.717, 1.165) is 16.8 Å². The number of benzene rings is 2. The van der Waals surface area contributed by atoms with Gasteiger partial charge in [-0.3, -0.25) is 0 Å². The summed E-state index contributed by atoms with van der Waals surface area (Å²) in [6.07, 6.45) is 0.204. The highest BCUT2D eigenvalue weighted by Crippen LogP contribution is 2.40. The number of ether oxygens (including phenoxy) is 1. The standard InChI is InChI=1S/C32H43FN6O3/c1-5-42-31(41)37-18-16-36(17-19-37)30(40)39(22-26(33)20-34)28(32(2,3)4)29-35-27(25-14-10-7-11-15-25)23-38(29)21-24-12-8-6-9-13-24/h6-15,23,26,28H,5,16-22,34H2,1-4H3/t26-,28-/m0/s1. The van der Waals surface area contributed by atoms with Crippen molar-refractivity contribution >= 4 is 12.1 Å². The highest BCUT2D eigenvalue weighted by molar-refractivity contribution is 5.76. The molecule has 10 heteroatoms. The highest BCUT2D eigenvalue weighted by atomic mass is 19.1. The van der Waals surface area contributed by atoms with Gasteiger partial charge in [-0.15, -0.1) is 0 Å². The van der Waals surface area contributed by atoms with E-state index in [1.807, 2.05) is 75.5 Å². The van der Waals surface area contributed by atoms with Crippen LogP contribution in [0.2, 0.25) is 0 Å². The largest absolute Gasteiger partial charge is 0.450 e. The number of carbonyl (C=O) groups excluding carboxylic acids is 2. The minimum Gasteiger partial charge on any atom is -0.450 e. The van der Waals surface area contributed by atoms with Crippen molar-refractivity contribution in [2.45, 2.75) is 46.5 Å². The van der Waals surface area contributed by atoms with E-state index in [9.17, 15) is 9.59 Å². The summed E-state index contributed by atoms with van der Waals surface area (Å²) in [7, 11) is 0.